The van der Waals surface area contributed by atoms with Gasteiger partial charge in [0.25, 0.3) is 11.8 Å². The third-order valence-corrected chi connectivity index (χ3v) is 3.10. The molecule has 0 saturated heterocycles. The van der Waals surface area contributed by atoms with Crippen LogP contribution in [0.3, 0.4) is 0 Å². The average Bonchev–Trinajstić information content (AvgIpc) is 2.84. The van der Waals surface area contributed by atoms with Gasteiger partial charge in [-0.1, -0.05) is 0 Å². The molecular formula is C14H9F4NO4. The van der Waals surface area contributed by atoms with Crippen LogP contribution in [-0.4, -0.2) is 29.2 Å². The van der Waals surface area contributed by atoms with Gasteiger partial charge in [0, 0.05) is 24.3 Å². The number of rotatable bonds is 4. The fourth-order valence-corrected chi connectivity index (χ4v) is 1.83. The van der Waals surface area contributed by atoms with Crippen LogP contribution < -0.4 is 4.74 Å². The number of amides is 2. The van der Waals surface area contributed by atoms with E-state index in [2.05, 4.69) is 4.74 Å². The Hall–Kier alpha value is -2.71. The lowest BCUT2D eigenvalue weighted by Crippen LogP contribution is -2.32. The van der Waals surface area contributed by atoms with E-state index in [1.54, 1.807) is 0 Å². The minimum atomic E-state index is -1.98. The van der Waals surface area contributed by atoms with Gasteiger partial charge in [0.15, 0.2) is 17.5 Å². The normalized spacial score (nSPS) is 13.9. The number of nitrogens with zero attached hydrogens (tertiary/aromatic N) is 1. The summed E-state index contributed by atoms with van der Waals surface area (Å²) in [6, 6.07) is 0. The fraction of sp³-hybridized carbons (Fsp3) is 0.214. The minimum absolute atomic E-state index is 0.380. The number of carbonyl (C=O) groups excluding carboxylic acids is 3. The highest BCUT2D eigenvalue weighted by atomic mass is 19.2. The van der Waals surface area contributed by atoms with Gasteiger partial charge in [0.05, 0.1) is 6.42 Å². The van der Waals surface area contributed by atoms with Crippen molar-refractivity contribution in [3.8, 4) is 5.75 Å². The van der Waals surface area contributed by atoms with E-state index in [0.717, 1.165) is 19.1 Å². The van der Waals surface area contributed by atoms with E-state index in [-0.39, 0.29) is 6.54 Å². The van der Waals surface area contributed by atoms with E-state index in [0.29, 0.717) is 4.90 Å². The predicted octanol–water partition coefficient (Wildman–Crippen LogP) is 1.77. The van der Waals surface area contributed by atoms with Crippen molar-refractivity contribution in [3.05, 3.63) is 41.0 Å². The second kappa shape index (κ2) is 6.19. The Kier molecular flexibility index (Phi) is 4.48. The zero-order valence-corrected chi connectivity index (χ0v) is 11.7. The molecule has 2 amide bonds. The molecule has 0 N–H and O–H groups in total. The SMILES string of the molecule is Cc1c(F)c(F)c(F)c(OC(=O)CCN2C(=O)C=CC2=O)c1F. The molecule has 1 aromatic rings. The van der Waals surface area contributed by atoms with Gasteiger partial charge in [-0.25, -0.2) is 13.2 Å². The quantitative estimate of drug-likeness (QED) is 0.211. The summed E-state index contributed by atoms with van der Waals surface area (Å²) in [4.78, 5) is 34.8. The predicted molar refractivity (Wildman–Crippen MR) is 67.1 cm³/mol. The largest absolute Gasteiger partial charge is 0.420 e. The van der Waals surface area contributed by atoms with Crippen LogP contribution >= 0.6 is 0 Å². The van der Waals surface area contributed by atoms with Crippen molar-refractivity contribution in [2.24, 2.45) is 0 Å². The molecule has 0 aliphatic carbocycles. The third-order valence-electron chi connectivity index (χ3n) is 3.10. The van der Waals surface area contributed by atoms with Crippen molar-refractivity contribution < 1.29 is 36.7 Å². The zero-order chi connectivity index (χ0) is 17.3. The number of benzene rings is 1. The molecule has 0 fully saturated rings. The van der Waals surface area contributed by atoms with Crippen molar-refractivity contribution in [1.29, 1.82) is 0 Å². The highest BCUT2D eigenvalue weighted by Crippen LogP contribution is 2.29. The molecule has 0 saturated carbocycles. The Labute approximate surface area is 127 Å². The lowest BCUT2D eigenvalue weighted by molar-refractivity contribution is -0.139. The molecule has 1 aromatic carbocycles. The molecule has 23 heavy (non-hydrogen) atoms. The van der Waals surface area contributed by atoms with Gasteiger partial charge < -0.3 is 4.74 Å². The highest BCUT2D eigenvalue weighted by Gasteiger charge is 2.27. The molecule has 0 bridgehead atoms. The van der Waals surface area contributed by atoms with E-state index in [4.69, 9.17) is 0 Å². The summed E-state index contributed by atoms with van der Waals surface area (Å²) in [6.07, 6.45) is 1.41. The van der Waals surface area contributed by atoms with Crippen LogP contribution in [0.25, 0.3) is 0 Å². The molecule has 1 aliphatic heterocycles. The first kappa shape index (κ1) is 16.7. The molecular weight excluding hydrogens is 322 g/mol. The topological polar surface area (TPSA) is 63.7 Å². The smallest absolute Gasteiger partial charge is 0.313 e. The molecule has 0 unspecified atom stereocenters. The number of hydrogen-bond donors (Lipinski definition) is 0. The Balaban J connectivity index is 2.10. The molecule has 122 valence electrons. The molecule has 0 aromatic heterocycles. The lowest BCUT2D eigenvalue weighted by atomic mass is 10.2. The van der Waals surface area contributed by atoms with Crippen LogP contribution in [0.4, 0.5) is 17.6 Å². The standard InChI is InChI=1S/C14H9F4NO4/c1-6-10(15)12(17)13(18)14(11(6)16)23-9(22)4-5-19-7(20)2-3-8(19)21/h2-3H,4-5H2,1H3. The Morgan fingerprint density at radius 3 is 2.13 bits per heavy atom. The molecule has 0 spiro atoms. The Bertz CT molecular complexity index is 698. The van der Waals surface area contributed by atoms with Gasteiger partial charge in [-0.15, -0.1) is 0 Å². The summed E-state index contributed by atoms with van der Waals surface area (Å²) in [5.41, 5.74) is -0.846. The number of ether oxygens (including phenoxy) is 1. The summed E-state index contributed by atoms with van der Waals surface area (Å²) in [7, 11) is 0. The van der Waals surface area contributed by atoms with Crippen LogP contribution in [0.2, 0.25) is 0 Å². The number of hydrogen-bond acceptors (Lipinski definition) is 4. The lowest BCUT2D eigenvalue weighted by Gasteiger charge is -2.14. The van der Waals surface area contributed by atoms with Crippen LogP contribution in [-0.2, 0) is 14.4 Å². The number of esters is 1. The second-order valence-corrected chi connectivity index (χ2v) is 4.60. The molecule has 1 aliphatic rings. The van der Waals surface area contributed by atoms with Gasteiger partial charge in [-0.2, -0.15) is 4.39 Å². The van der Waals surface area contributed by atoms with E-state index >= 15 is 0 Å². The van der Waals surface area contributed by atoms with Gasteiger partial charge in [0.2, 0.25) is 11.6 Å². The Morgan fingerprint density at radius 1 is 1.00 bits per heavy atom. The first-order chi connectivity index (χ1) is 10.7. The van der Waals surface area contributed by atoms with Gasteiger partial charge in [-0.3, -0.25) is 19.3 Å². The van der Waals surface area contributed by atoms with Crippen molar-refractivity contribution in [3.63, 3.8) is 0 Å². The summed E-state index contributed by atoms with van der Waals surface area (Å²) in [5.74, 6) is -11.1. The Morgan fingerprint density at radius 2 is 1.57 bits per heavy atom. The van der Waals surface area contributed by atoms with Gasteiger partial charge in [0.1, 0.15) is 0 Å². The summed E-state index contributed by atoms with van der Waals surface area (Å²) < 4.78 is 57.8. The second-order valence-electron chi connectivity index (χ2n) is 4.60. The molecule has 2 rings (SSSR count). The monoisotopic (exact) mass is 331 g/mol. The molecule has 0 atom stereocenters. The third kappa shape index (κ3) is 3.08. The van der Waals surface area contributed by atoms with Crippen LogP contribution in [0, 0.1) is 30.2 Å². The molecule has 1 heterocycles. The van der Waals surface area contributed by atoms with Crippen molar-refractivity contribution in [1.82, 2.24) is 4.90 Å². The van der Waals surface area contributed by atoms with Crippen molar-refractivity contribution in [2.45, 2.75) is 13.3 Å². The number of carbonyl (C=O) groups is 3. The highest BCUT2D eigenvalue weighted by molar-refractivity contribution is 6.13. The number of halogens is 4. The van der Waals surface area contributed by atoms with E-state index in [1.165, 1.54) is 0 Å². The first-order valence-corrected chi connectivity index (χ1v) is 6.30. The van der Waals surface area contributed by atoms with Crippen molar-refractivity contribution in [2.75, 3.05) is 6.54 Å². The average molecular weight is 331 g/mol. The summed E-state index contributed by atoms with van der Waals surface area (Å²) in [6.45, 7) is 0.465. The van der Waals surface area contributed by atoms with E-state index in [9.17, 15) is 31.9 Å². The summed E-state index contributed by atoms with van der Waals surface area (Å²) >= 11 is 0. The number of imide groups is 1. The van der Waals surface area contributed by atoms with Crippen molar-refractivity contribution >= 4 is 17.8 Å². The molecule has 9 heteroatoms. The maximum absolute atomic E-state index is 13.7. The van der Waals surface area contributed by atoms with E-state index < -0.39 is 58.8 Å². The minimum Gasteiger partial charge on any atom is -0.420 e. The van der Waals surface area contributed by atoms with Crippen LogP contribution in [0.1, 0.15) is 12.0 Å². The fourth-order valence-electron chi connectivity index (χ4n) is 1.83. The summed E-state index contributed by atoms with van der Waals surface area (Å²) in [5, 5.41) is 0. The first-order valence-electron chi connectivity index (χ1n) is 6.30. The van der Waals surface area contributed by atoms with Gasteiger partial charge in [-0.05, 0) is 6.92 Å². The maximum Gasteiger partial charge on any atom is 0.313 e. The maximum atomic E-state index is 13.7. The van der Waals surface area contributed by atoms with Gasteiger partial charge >= 0.3 is 5.97 Å². The molecule has 0 radical (unpaired) electrons. The van der Waals surface area contributed by atoms with Crippen LogP contribution in [0.15, 0.2) is 12.2 Å². The molecule has 5 nitrogen and oxygen atoms in total. The zero-order valence-electron chi connectivity index (χ0n) is 11.7. The van der Waals surface area contributed by atoms with E-state index in [1.807, 2.05) is 0 Å². The van der Waals surface area contributed by atoms with Crippen LogP contribution in [0.5, 0.6) is 5.75 Å².